The van der Waals surface area contributed by atoms with Gasteiger partial charge in [0.05, 0.1) is 12.1 Å². The molecule has 0 saturated carbocycles. The Balaban J connectivity index is 1.59. The molecule has 0 N–H and O–H groups in total. The van der Waals surface area contributed by atoms with E-state index in [1.807, 2.05) is 6.92 Å². The monoisotopic (exact) mass is 345 g/mol. The fourth-order valence-electron chi connectivity index (χ4n) is 2.65. The van der Waals surface area contributed by atoms with Gasteiger partial charge in [0, 0.05) is 37.1 Å². The summed E-state index contributed by atoms with van der Waals surface area (Å²) in [6.07, 6.45) is 0. The van der Waals surface area contributed by atoms with Gasteiger partial charge in [-0.1, -0.05) is 0 Å². The highest BCUT2D eigenvalue weighted by Crippen LogP contribution is 2.16. The van der Waals surface area contributed by atoms with Crippen LogP contribution >= 0.6 is 11.3 Å². The SMILES string of the molecule is COc1ccc(C(=O)N2CCN(C(=O)c3csc(C)n3)CC2)cc1. The molecule has 24 heavy (non-hydrogen) atoms. The van der Waals surface area contributed by atoms with Crippen LogP contribution in [0.3, 0.4) is 0 Å². The van der Waals surface area contributed by atoms with Gasteiger partial charge < -0.3 is 14.5 Å². The van der Waals surface area contributed by atoms with E-state index in [1.54, 1.807) is 46.6 Å². The molecule has 1 fully saturated rings. The summed E-state index contributed by atoms with van der Waals surface area (Å²) < 4.78 is 5.10. The van der Waals surface area contributed by atoms with E-state index < -0.39 is 0 Å². The summed E-state index contributed by atoms with van der Waals surface area (Å²) in [4.78, 5) is 32.7. The zero-order valence-corrected chi connectivity index (χ0v) is 14.5. The van der Waals surface area contributed by atoms with Crippen LogP contribution in [-0.2, 0) is 0 Å². The Bertz CT molecular complexity index is 734. The second-order valence-electron chi connectivity index (χ2n) is 5.56. The van der Waals surface area contributed by atoms with E-state index in [1.165, 1.54) is 11.3 Å². The van der Waals surface area contributed by atoms with Crippen molar-refractivity contribution in [1.29, 1.82) is 0 Å². The first-order chi connectivity index (χ1) is 11.6. The van der Waals surface area contributed by atoms with Gasteiger partial charge in [0.1, 0.15) is 11.4 Å². The van der Waals surface area contributed by atoms with E-state index in [-0.39, 0.29) is 11.8 Å². The molecule has 1 aromatic heterocycles. The van der Waals surface area contributed by atoms with Crippen molar-refractivity contribution in [3.05, 3.63) is 45.9 Å². The van der Waals surface area contributed by atoms with Gasteiger partial charge >= 0.3 is 0 Å². The number of rotatable bonds is 3. The zero-order valence-electron chi connectivity index (χ0n) is 13.7. The van der Waals surface area contributed by atoms with Gasteiger partial charge in [0.25, 0.3) is 11.8 Å². The highest BCUT2D eigenvalue weighted by atomic mass is 32.1. The third-order valence-corrected chi connectivity index (χ3v) is 4.80. The van der Waals surface area contributed by atoms with Crippen LogP contribution < -0.4 is 4.74 Å². The lowest BCUT2D eigenvalue weighted by Gasteiger charge is -2.34. The van der Waals surface area contributed by atoms with Crippen LogP contribution in [0.15, 0.2) is 29.6 Å². The average Bonchev–Trinajstić information content (AvgIpc) is 3.07. The maximum absolute atomic E-state index is 12.5. The van der Waals surface area contributed by atoms with Crippen LogP contribution in [-0.4, -0.2) is 59.9 Å². The number of carbonyl (C=O) groups is 2. The summed E-state index contributed by atoms with van der Waals surface area (Å²) in [6.45, 7) is 3.99. The maximum Gasteiger partial charge on any atom is 0.273 e. The molecular weight excluding hydrogens is 326 g/mol. The number of hydrogen-bond acceptors (Lipinski definition) is 5. The van der Waals surface area contributed by atoms with Crippen molar-refractivity contribution in [3.8, 4) is 5.75 Å². The maximum atomic E-state index is 12.5. The van der Waals surface area contributed by atoms with Crippen LogP contribution in [0.4, 0.5) is 0 Å². The molecule has 0 aliphatic carbocycles. The molecule has 3 rings (SSSR count). The van der Waals surface area contributed by atoms with E-state index in [0.29, 0.717) is 37.4 Å². The summed E-state index contributed by atoms with van der Waals surface area (Å²) in [6, 6.07) is 7.07. The minimum absolute atomic E-state index is 0.0192. The number of amides is 2. The molecule has 0 unspecified atom stereocenters. The number of carbonyl (C=O) groups excluding carboxylic acids is 2. The molecule has 0 atom stereocenters. The van der Waals surface area contributed by atoms with E-state index in [9.17, 15) is 9.59 Å². The molecule has 0 bridgehead atoms. The molecule has 1 aliphatic rings. The highest BCUT2D eigenvalue weighted by molar-refractivity contribution is 7.09. The van der Waals surface area contributed by atoms with Gasteiger partial charge in [0.15, 0.2) is 0 Å². The third-order valence-electron chi connectivity index (χ3n) is 4.03. The zero-order chi connectivity index (χ0) is 17.1. The second-order valence-corrected chi connectivity index (χ2v) is 6.63. The Morgan fingerprint density at radius 2 is 1.62 bits per heavy atom. The number of hydrogen-bond donors (Lipinski definition) is 0. The second kappa shape index (κ2) is 7.00. The molecule has 1 aromatic carbocycles. The number of piperazine rings is 1. The van der Waals surface area contributed by atoms with Crippen molar-refractivity contribution in [3.63, 3.8) is 0 Å². The molecular formula is C17H19N3O3S. The molecule has 0 radical (unpaired) electrons. The van der Waals surface area contributed by atoms with Crippen LogP contribution in [0.1, 0.15) is 25.9 Å². The smallest absolute Gasteiger partial charge is 0.273 e. The first-order valence-electron chi connectivity index (χ1n) is 7.73. The predicted octanol–water partition coefficient (Wildman–Crippen LogP) is 2.06. The summed E-state index contributed by atoms with van der Waals surface area (Å²) in [5.41, 5.74) is 1.12. The third kappa shape index (κ3) is 3.41. The molecule has 2 heterocycles. The molecule has 2 aromatic rings. The predicted molar refractivity (Wildman–Crippen MR) is 91.7 cm³/mol. The Morgan fingerprint density at radius 3 is 2.12 bits per heavy atom. The number of methoxy groups -OCH3 is 1. The Hall–Kier alpha value is -2.41. The van der Waals surface area contributed by atoms with Gasteiger partial charge in [-0.25, -0.2) is 4.98 Å². The van der Waals surface area contributed by atoms with Gasteiger partial charge in [-0.05, 0) is 31.2 Å². The van der Waals surface area contributed by atoms with Crippen LogP contribution in [0.5, 0.6) is 5.75 Å². The van der Waals surface area contributed by atoms with Crippen molar-refractivity contribution in [2.24, 2.45) is 0 Å². The topological polar surface area (TPSA) is 62.7 Å². The Kier molecular flexibility index (Phi) is 4.80. The summed E-state index contributed by atoms with van der Waals surface area (Å²) in [5.74, 6) is 0.644. The number of nitrogens with zero attached hydrogens (tertiary/aromatic N) is 3. The van der Waals surface area contributed by atoms with E-state index in [2.05, 4.69) is 4.98 Å². The van der Waals surface area contributed by atoms with Gasteiger partial charge in [-0.15, -0.1) is 11.3 Å². The van der Waals surface area contributed by atoms with Gasteiger partial charge in [-0.2, -0.15) is 0 Å². The fourth-order valence-corrected chi connectivity index (χ4v) is 3.24. The number of ether oxygens (including phenoxy) is 1. The summed E-state index contributed by atoms with van der Waals surface area (Å²) in [7, 11) is 1.59. The van der Waals surface area contributed by atoms with Crippen LogP contribution in [0, 0.1) is 6.92 Å². The molecule has 6 nitrogen and oxygen atoms in total. The van der Waals surface area contributed by atoms with Crippen molar-refractivity contribution in [1.82, 2.24) is 14.8 Å². The average molecular weight is 345 g/mol. The molecule has 1 aliphatic heterocycles. The standard InChI is InChI=1S/C17H19N3O3S/c1-12-18-15(11-24-12)17(22)20-9-7-19(8-10-20)16(21)13-3-5-14(23-2)6-4-13/h3-6,11H,7-10H2,1-2H3. The van der Waals surface area contributed by atoms with Crippen molar-refractivity contribution >= 4 is 23.2 Å². The minimum atomic E-state index is -0.0594. The highest BCUT2D eigenvalue weighted by Gasteiger charge is 2.26. The molecule has 1 saturated heterocycles. The van der Waals surface area contributed by atoms with E-state index >= 15 is 0 Å². The lowest BCUT2D eigenvalue weighted by atomic mass is 10.1. The lowest BCUT2D eigenvalue weighted by molar-refractivity contribution is 0.0532. The quantitative estimate of drug-likeness (QED) is 0.854. The molecule has 7 heteroatoms. The van der Waals surface area contributed by atoms with E-state index in [4.69, 9.17) is 4.74 Å². The van der Waals surface area contributed by atoms with Crippen molar-refractivity contribution in [2.45, 2.75) is 6.92 Å². The number of thiazole rings is 1. The van der Waals surface area contributed by atoms with E-state index in [0.717, 1.165) is 10.8 Å². The van der Waals surface area contributed by atoms with Gasteiger partial charge in [-0.3, -0.25) is 9.59 Å². The largest absolute Gasteiger partial charge is 0.497 e. The summed E-state index contributed by atoms with van der Waals surface area (Å²) >= 11 is 1.47. The van der Waals surface area contributed by atoms with Crippen molar-refractivity contribution < 1.29 is 14.3 Å². The number of aryl methyl sites for hydroxylation is 1. The van der Waals surface area contributed by atoms with Gasteiger partial charge in [0.2, 0.25) is 0 Å². The van der Waals surface area contributed by atoms with Crippen molar-refractivity contribution in [2.75, 3.05) is 33.3 Å². The summed E-state index contributed by atoms with van der Waals surface area (Å²) in [5, 5.41) is 2.67. The number of benzene rings is 1. The normalized spacial score (nSPS) is 14.6. The minimum Gasteiger partial charge on any atom is -0.497 e. The molecule has 0 spiro atoms. The first-order valence-corrected chi connectivity index (χ1v) is 8.61. The Labute approximate surface area is 144 Å². The first kappa shape index (κ1) is 16.4. The molecule has 2 amide bonds. The van der Waals surface area contributed by atoms with Crippen LogP contribution in [0.25, 0.3) is 0 Å². The number of aromatic nitrogens is 1. The Morgan fingerprint density at radius 1 is 1.04 bits per heavy atom. The lowest BCUT2D eigenvalue weighted by Crippen LogP contribution is -2.50. The molecule has 126 valence electrons. The fraction of sp³-hybridized carbons (Fsp3) is 0.353. The van der Waals surface area contributed by atoms with Crippen LogP contribution in [0.2, 0.25) is 0 Å².